The maximum Gasteiger partial charge on any atom is 0.324 e. The van der Waals surface area contributed by atoms with Crippen molar-refractivity contribution in [3.63, 3.8) is 0 Å². The van der Waals surface area contributed by atoms with Crippen molar-refractivity contribution in [3.8, 4) is 0 Å². The molecule has 8 saturated carbocycles. The van der Waals surface area contributed by atoms with Crippen LogP contribution in [0.15, 0.2) is 70.5 Å². The summed E-state index contributed by atoms with van der Waals surface area (Å²) in [6.45, 7) is 9.41. The lowest BCUT2D eigenvalue weighted by Crippen LogP contribution is -2.58. The van der Waals surface area contributed by atoms with Crippen molar-refractivity contribution in [3.05, 3.63) is 60.7 Å². The molecule has 10 rings (SSSR count). The number of aliphatic carboxylic acids is 1. The molecule has 8 fully saturated rings. The molecule has 0 amide bonds. The molecule has 2 aromatic rings. The number of halogens is 1. The first-order chi connectivity index (χ1) is 27.4. The lowest BCUT2D eigenvalue weighted by atomic mass is 9.44. The molecule has 2 aromatic carbocycles. The van der Waals surface area contributed by atoms with E-state index >= 15 is 0 Å². The molecule has 8 bridgehead atoms. The van der Waals surface area contributed by atoms with Crippen molar-refractivity contribution >= 4 is 55.8 Å². The zero-order valence-corrected chi connectivity index (χ0v) is 38.1. The van der Waals surface area contributed by atoms with Crippen LogP contribution < -0.4 is 15.2 Å². The second kappa shape index (κ2) is 18.6. The first-order valence-electron chi connectivity index (χ1n) is 21.1. The SMILES string of the molecule is C.CC(=O)C12CC3CC(C1)C(CC(=O)C(C)(C)NS(=O)(=O)c1ccccc1)C(C3)C2.CC(=O)C12CC3CC(C1)C(N)C(C3)C2.CC(C)(NS(=O)(=O)c1ccccc1)C(=O)O.Cl. The molecular formula is C46H68ClN3O9S2. The molecule has 0 saturated heterocycles. The fourth-order valence-electron chi connectivity index (χ4n) is 11.9. The summed E-state index contributed by atoms with van der Waals surface area (Å²) in [7, 11) is -7.55. The molecule has 4 atom stereocenters. The average Bonchev–Trinajstić information content (AvgIpc) is 3.15. The minimum absolute atomic E-state index is 0. The van der Waals surface area contributed by atoms with Gasteiger partial charge in [-0.25, -0.2) is 16.8 Å². The normalized spacial score (nSPS) is 31.9. The maximum absolute atomic E-state index is 13.2. The largest absolute Gasteiger partial charge is 0.480 e. The lowest BCUT2D eigenvalue weighted by molar-refractivity contribution is -0.151. The Morgan fingerprint density at radius 1 is 0.639 bits per heavy atom. The van der Waals surface area contributed by atoms with E-state index in [2.05, 4.69) is 9.44 Å². The maximum atomic E-state index is 13.2. The Balaban J connectivity index is 0.000000217. The van der Waals surface area contributed by atoms with Gasteiger partial charge in [0, 0.05) is 23.3 Å². The standard InChI is InChI=1S/C23H31NO4S.C12H19NO.C10H13NO4S.CH4.ClH/c1-15(25)23-12-16-9-17(13-23)20(18(10-16)14-23)11-21(26)22(2,3)24-29(27,28)19-7-5-4-6-8-19;1-7(14)12-4-8-2-9(5-12)11(13)10(3-8)6-12;1-10(2,9(12)13)11-16(14,15)8-6-4-3-5-7-8;;/h4-8,16-18,20,24H,9-14H2,1-3H3;8-11H,2-6,13H2,1H3;3-7,11H,1-2H3,(H,12,13);1H4;1H. The van der Waals surface area contributed by atoms with E-state index in [-0.39, 0.29) is 52.2 Å². The van der Waals surface area contributed by atoms with Crippen LogP contribution in [0.5, 0.6) is 0 Å². The number of carbonyl (C=O) groups excluding carboxylic acids is 3. The highest BCUT2D eigenvalue weighted by Gasteiger charge is 2.58. The van der Waals surface area contributed by atoms with E-state index in [1.54, 1.807) is 64.1 Å². The zero-order chi connectivity index (χ0) is 43.3. The molecule has 0 spiro atoms. The van der Waals surface area contributed by atoms with Gasteiger partial charge in [0.05, 0.1) is 15.3 Å². The Labute approximate surface area is 369 Å². The summed E-state index contributed by atoms with van der Waals surface area (Å²) in [6, 6.07) is 16.2. The number of nitrogens with two attached hydrogens (primary N) is 1. The number of carboxylic acid groups (broad SMARTS) is 1. The van der Waals surface area contributed by atoms with Crippen molar-refractivity contribution in [2.45, 2.75) is 147 Å². The highest BCUT2D eigenvalue weighted by Crippen LogP contribution is 2.63. The first-order valence-corrected chi connectivity index (χ1v) is 24.1. The van der Waals surface area contributed by atoms with Gasteiger partial charge in [0.2, 0.25) is 20.0 Å². The van der Waals surface area contributed by atoms with Gasteiger partial charge < -0.3 is 10.8 Å². The van der Waals surface area contributed by atoms with E-state index < -0.39 is 37.1 Å². The van der Waals surface area contributed by atoms with Crippen LogP contribution in [-0.2, 0) is 39.2 Å². The summed E-state index contributed by atoms with van der Waals surface area (Å²) >= 11 is 0. The Morgan fingerprint density at radius 3 is 1.34 bits per heavy atom. The predicted octanol–water partition coefficient (Wildman–Crippen LogP) is 7.35. The van der Waals surface area contributed by atoms with E-state index in [1.165, 1.54) is 57.4 Å². The predicted molar refractivity (Wildman–Crippen MR) is 238 cm³/mol. The fourth-order valence-corrected chi connectivity index (χ4v) is 14.8. The number of hydrogen-bond donors (Lipinski definition) is 4. The fraction of sp³-hybridized carbons (Fsp3) is 0.652. The van der Waals surface area contributed by atoms with Crippen LogP contribution in [-0.4, -0.2) is 62.4 Å². The van der Waals surface area contributed by atoms with Gasteiger partial charge in [-0.1, -0.05) is 43.8 Å². The summed E-state index contributed by atoms with van der Waals surface area (Å²) in [5, 5.41) is 8.82. The van der Waals surface area contributed by atoms with Gasteiger partial charge in [0.1, 0.15) is 17.1 Å². The van der Waals surface area contributed by atoms with Crippen molar-refractivity contribution in [1.29, 1.82) is 0 Å². The van der Waals surface area contributed by atoms with E-state index in [0.29, 0.717) is 53.6 Å². The van der Waals surface area contributed by atoms with Gasteiger partial charge >= 0.3 is 5.97 Å². The van der Waals surface area contributed by atoms with Crippen LogP contribution in [0.1, 0.15) is 120 Å². The minimum Gasteiger partial charge on any atom is -0.480 e. The molecule has 340 valence electrons. The third-order valence-corrected chi connectivity index (χ3v) is 18.2. The number of rotatable bonds is 12. The molecule has 61 heavy (non-hydrogen) atoms. The summed E-state index contributed by atoms with van der Waals surface area (Å²) in [5.74, 6) is 3.30. The van der Waals surface area contributed by atoms with Crippen molar-refractivity contribution in [2.24, 2.45) is 58.0 Å². The quantitative estimate of drug-likeness (QED) is 0.167. The molecule has 8 aliphatic carbocycles. The van der Waals surface area contributed by atoms with Gasteiger partial charge in [-0.05, 0) is 171 Å². The monoisotopic (exact) mass is 905 g/mol. The summed E-state index contributed by atoms with van der Waals surface area (Å²) in [4.78, 5) is 48.3. The smallest absolute Gasteiger partial charge is 0.324 e. The van der Waals surface area contributed by atoms with Gasteiger partial charge in [0.25, 0.3) is 0 Å². The number of hydrogen-bond acceptors (Lipinski definition) is 9. The molecule has 5 N–H and O–H groups in total. The Bertz CT molecular complexity index is 2120. The van der Waals surface area contributed by atoms with Crippen LogP contribution in [0.25, 0.3) is 0 Å². The molecular weight excluding hydrogens is 838 g/mol. The Hall–Kier alpha value is -3.01. The highest BCUT2D eigenvalue weighted by atomic mass is 35.5. The zero-order valence-electron chi connectivity index (χ0n) is 35.7. The number of ketones is 3. The molecule has 0 aliphatic heterocycles. The van der Waals surface area contributed by atoms with Crippen LogP contribution >= 0.6 is 12.4 Å². The molecule has 0 radical (unpaired) electrons. The van der Waals surface area contributed by atoms with E-state index in [4.69, 9.17) is 10.8 Å². The van der Waals surface area contributed by atoms with Gasteiger partial charge in [-0.15, -0.1) is 12.4 Å². The average molecular weight is 907 g/mol. The number of sulfonamides is 2. The van der Waals surface area contributed by atoms with Gasteiger partial charge in [-0.2, -0.15) is 9.44 Å². The van der Waals surface area contributed by atoms with Gasteiger partial charge in [0.15, 0.2) is 5.78 Å². The first kappa shape index (κ1) is 50.6. The van der Waals surface area contributed by atoms with Crippen molar-refractivity contribution in [1.82, 2.24) is 9.44 Å². The molecule has 8 aliphatic rings. The molecule has 0 aromatic heterocycles. The third-order valence-electron chi connectivity index (χ3n) is 14.8. The molecule has 0 heterocycles. The number of carboxylic acids is 1. The van der Waals surface area contributed by atoms with Crippen molar-refractivity contribution in [2.75, 3.05) is 0 Å². The van der Waals surface area contributed by atoms with Gasteiger partial charge in [-0.3, -0.25) is 19.2 Å². The van der Waals surface area contributed by atoms with Crippen LogP contribution in [0, 0.1) is 52.3 Å². The summed E-state index contributed by atoms with van der Waals surface area (Å²) < 4.78 is 53.7. The summed E-state index contributed by atoms with van der Waals surface area (Å²) in [6.07, 6.45) is 11.4. The van der Waals surface area contributed by atoms with Crippen LogP contribution in [0.4, 0.5) is 0 Å². The number of benzene rings is 2. The topological polar surface area (TPSA) is 207 Å². The second-order valence-electron chi connectivity index (χ2n) is 19.9. The minimum atomic E-state index is -3.79. The molecule has 15 heteroatoms. The lowest BCUT2D eigenvalue weighted by Gasteiger charge is -2.59. The number of Topliss-reactive ketones (excluding diaryl/α,β-unsaturated/α-hetero) is 3. The Morgan fingerprint density at radius 2 is 0.984 bits per heavy atom. The number of carbonyl (C=O) groups is 4. The molecule has 12 nitrogen and oxygen atoms in total. The van der Waals surface area contributed by atoms with E-state index in [9.17, 15) is 36.0 Å². The number of nitrogens with one attached hydrogen (secondary N) is 2. The van der Waals surface area contributed by atoms with E-state index in [0.717, 1.165) is 50.9 Å². The Kier molecular flexibility index (Phi) is 15.4. The van der Waals surface area contributed by atoms with Crippen molar-refractivity contribution < 1.29 is 41.1 Å². The summed E-state index contributed by atoms with van der Waals surface area (Å²) in [5.41, 5.74) is 3.43. The third kappa shape index (κ3) is 10.7. The van der Waals surface area contributed by atoms with Crippen LogP contribution in [0.2, 0.25) is 0 Å². The van der Waals surface area contributed by atoms with E-state index in [1.807, 2.05) is 0 Å². The second-order valence-corrected chi connectivity index (χ2v) is 23.2. The highest BCUT2D eigenvalue weighted by molar-refractivity contribution is 7.89. The van der Waals surface area contributed by atoms with Crippen LogP contribution in [0.3, 0.4) is 0 Å². The molecule has 4 unspecified atom stereocenters.